The summed E-state index contributed by atoms with van der Waals surface area (Å²) in [5.41, 5.74) is 1.25. The zero-order valence-corrected chi connectivity index (χ0v) is 9.64. The number of nitrogens with zero attached hydrogens (tertiary/aromatic N) is 1. The molecule has 0 atom stereocenters. The highest BCUT2D eigenvalue weighted by Gasteiger charge is 2.19. The maximum absolute atomic E-state index is 5.35. The highest BCUT2D eigenvalue weighted by molar-refractivity contribution is 7.09. The minimum absolute atomic E-state index is 0.555. The number of rotatable bonds is 2. The Kier molecular flexibility index (Phi) is 3.19. The Balaban J connectivity index is 2.07. The molecular weight excluding hydrogens is 194 g/mol. The molecule has 14 heavy (non-hydrogen) atoms. The first-order chi connectivity index (χ1) is 6.77. The molecule has 2 heterocycles. The molecule has 3 heteroatoms. The van der Waals surface area contributed by atoms with Crippen molar-refractivity contribution in [1.29, 1.82) is 0 Å². The Hall–Kier alpha value is -0.410. The highest BCUT2D eigenvalue weighted by Crippen LogP contribution is 2.30. The molecule has 0 unspecified atom stereocenters. The molecular formula is C11H17NOS. The topological polar surface area (TPSA) is 22.1 Å². The molecule has 1 fully saturated rings. The van der Waals surface area contributed by atoms with Crippen molar-refractivity contribution in [1.82, 2.24) is 4.98 Å². The third kappa shape index (κ3) is 2.15. The Morgan fingerprint density at radius 1 is 1.43 bits per heavy atom. The highest BCUT2D eigenvalue weighted by atomic mass is 32.1. The van der Waals surface area contributed by atoms with Crippen molar-refractivity contribution in [2.45, 2.75) is 38.5 Å². The molecule has 1 saturated heterocycles. The van der Waals surface area contributed by atoms with Crippen LogP contribution in [0.3, 0.4) is 0 Å². The first kappa shape index (κ1) is 10.1. The van der Waals surface area contributed by atoms with Crippen LogP contribution in [0.2, 0.25) is 0 Å². The second-order valence-electron chi connectivity index (χ2n) is 4.15. The van der Waals surface area contributed by atoms with E-state index in [9.17, 15) is 0 Å². The van der Waals surface area contributed by atoms with E-state index < -0.39 is 0 Å². The van der Waals surface area contributed by atoms with Crippen LogP contribution in [0.25, 0.3) is 0 Å². The van der Waals surface area contributed by atoms with Gasteiger partial charge >= 0.3 is 0 Å². The Labute approximate surface area is 89.3 Å². The van der Waals surface area contributed by atoms with E-state index in [0.717, 1.165) is 26.1 Å². The molecule has 0 bridgehead atoms. The quantitative estimate of drug-likeness (QED) is 0.749. The average molecular weight is 211 g/mol. The number of aromatic nitrogens is 1. The van der Waals surface area contributed by atoms with Gasteiger partial charge in [-0.15, -0.1) is 11.3 Å². The van der Waals surface area contributed by atoms with Gasteiger partial charge in [-0.2, -0.15) is 0 Å². The lowest BCUT2D eigenvalue weighted by atomic mass is 10.0. The van der Waals surface area contributed by atoms with Crippen LogP contribution in [0.1, 0.15) is 49.2 Å². The van der Waals surface area contributed by atoms with Crippen LogP contribution in [0.15, 0.2) is 5.38 Å². The monoisotopic (exact) mass is 211 g/mol. The predicted molar refractivity (Wildman–Crippen MR) is 59.0 cm³/mol. The third-order valence-corrected chi connectivity index (χ3v) is 3.73. The summed E-state index contributed by atoms with van der Waals surface area (Å²) in [6, 6.07) is 0. The largest absolute Gasteiger partial charge is 0.381 e. The van der Waals surface area contributed by atoms with Crippen molar-refractivity contribution >= 4 is 11.3 Å². The van der Waals surface area contributed by atoms with Gasteiger partial charge in [-0.25, -0.2) is 4.98 Å². The zero-order valence-electron chi connectivity index (χ0n) is 8.82. The lowest BCUT2D eigenvalue weighted by Gasteiger charge is -2.19. The molecule has 0 aliphatic carbocycles. The second kappa shape index (κ2) is 4.41. The first-order valence-corrected chi connectivity index (χ1v) is 6.18. The van der Waals surface area contributed by atoms with Crippen molar-refractivity contribution in [3.8, 4) is 0 Å². The van der Waals surface area contributed by atoms with Crippen LogP contribution in [0, 0.1) is 0 Å². The van der Waals surface area contributed by atoms with Gasteiger partial charge in [0.25, 0.3) is 0 Å². The van der Waals surface area contributed by atoms with Crippen molar-refractivity contribution in [3.63, 3.8) is 0 Å². The molecule has 0 saturated carbocycles. The summed E-state index contributed by atoms with van der Waals surface area (Å²) in [6.45, 7) is 6.20. The summed E-state index contributed by atoms with van der Waals surface area (Å²) in [5.74, 6) is 1.21. The predicted octanol–water partition coefficient (Wildman–Crippen LogP) is 3.16. The van der Waals surface area contributed by atoms with Gasteiger partial charge in [-0.3, -0.25) is 0 Å². The molecule has 1 aromatic rings. The van der Waals surface area contributed by atoms with Crippen LogP contribution in [0.5, 0.6) is 0 Å². The van der Waals surface area contributed by atoms with E-state index in [4.69, 9.17) is 9.72 Å². The van der Waals surface area contributed by atoms with Crippen LogP contribution < -0.4 is 0 Å². The fourth-order valence-corrected chi connectivity index (χ4v) is 2.85. The maximum atomic E-state index is 5.35. The summed E-state index contributed by atoms with van der Waals surface area (Å²) < 4.78 is 5.35. The van der Waals surface area contributed by atoms with Gasteiger partial charge in [0.2, 0.25) is 0 Å². The van der Waals surface area contributed by atoms with Gasteiger partial charge in [0.05, 0.1) is 10.7 Å². The van der Waals surface area contributed by atoms with Gasteiger partial charge in [0.1, 0.15) is 0 Å². The number of hydrogen-bond acceptors (Lipinski definition) is 3. The number of thiazole rings is 1. The van der Waals surface area contributed by atoms with Crippen LogP contribution >= 0.6 is 11.3 Å². The molecule has 78 valence electrons. The normalized spacial score (nSPS) is 19.1. The van der Waals surface area contributed by atoms with E-state index >= 15 is 0 Å². The number of ether oxygens (including phenoxy) is 1. The smallest absolute Gasteiger partial charge is 0.0961 e. The van der Waals surface area contributed by atoms with Gasteiger partial charge in [0.15, 0.2) is 0 Å². The van der Waals surface area contributed by atoms with Gasteiger partial charge in [-0.05, 0) is 18.8 Å². The van der Waals surface area contributed by atoms with Gasteiger partial charge in [-0.1, -0.05) is 13.8 Å². The summed E-state index contributed by atoms with van der Waals surface area (Å²) in [4.78, 5) is 4.70. The van der Waals surface area contributed by atoms with Crippen LogP contribution in [0.4, 0.5) is 0 Å². The van der Waals surface area contributed by atoms with E-state index in [1.165, 1.54) is 10.7 Å². The molecule has 0 spiro atoms. The van der Waals surface area contributed by atoms with Gasteiger partial charge in [0, 0.05) is 24.5 Å². The molecule has 1 aliphatic heterocycles. The van der Waals surface area contributed by atoms with Crippen LogP contribution in [-0.4, -0.2) is 18.2 Å². The average Bonchev–Trinajstić information content (AvgIpc) is 2.68. The molecule has 2 rings (SSSR count). The SMILES string of the molecule is CC(C)c1csc(C2CCOCC2)n1. The Morgan fingerprint density at radius 3 is 2.71 bits per heavy atom. The van der Waals surface area contributed by atoms with Crippen molar-refractivity contribution < 1.29 is 4.74 Å². The molecule has 0 aromatic carbocycles. The summed E-state index contributed by atoms with van der Waals surface area (Å²) in [7, 11) is 0. The Morgan fingerprint density at radius 2 is 2.14 bits per heavy atom. The van der Waals surface area contributed by atoms with E-state index in [2.05, 4.69) is 19.2 Å². The maximum Gasteiger partial charge on any atom is 0.0961 e. The van der Waals surface area contributed by atoms with Crippen molar-refractivity contribution in [2.24, 2.45) is 0 Å². The summed E-state index contributed by atoms with van der Waals surface area (Å²) in [5, 5.41) is 3.52. The van der Waals surface area contributed by atoms with Crippen molar-refractivity contribution in [3.05, 3.63) is 16.1 Å². The van der Waals surface area contributed by atoms with E-state index in [0.29, 0.717) is 11.8 Å². The Bertz CT molecular complexity index is 289. The molecule has 1 aliphatic rings. The minimum Gasteiger partial charge on any atom is -0.381 e. The van der Waals surface area contributed by atoms with E-state index in [1.807, 2.05) is 11.3 Å². The number of hydrogen-bond donors (Lipinski definition) is 0. The van der Waals surface area contributed by atoms with E-state index in [1.54, 1.807) is 0 Å². The molecule has 2 nitrogen and oxygen atoms in total. The fourth-order valence-electron chi connectivity index (χ4n) is 1.70. The van der Waals surface area contributed by atoms with E-state index in [-0.39, 0.29) is 0 Å². The second-order valence-corrected chi connectivity index (χ2v) is 5.04. The standard InChI is InChI=1S/C11H17NOS/c1-8(2)10-7-14-11(12-10)9-3-5-13-6-4-9/h7-9H,3-6H2,1-2H3. The molecule has 0 N–H and O–H groups in total. The summed E-state index contributed by atoms with van der Waals surface area (Å²) >= 11 is 1.82. The summed E-state index contributed by atoms with van der Waals surface area (Å²) in [6.07, 6.45) is 2.29. The fraction of sp³-hybridized carbons (Fsp3) is 0.727. The lowest BCUT2D eigenvalue weighted by Crippen LogP contribution is -2.13. The molecule has 0 amide bonds. The first-order valence-electron chi connectivity index (χ1n) is 5.30. The minimum atomic E-state index is 0.555. The van der Waals surface area contributed by atoms with Crippen LogP contribution in [-0.2, 0) is 4.74 Å². The third-order valence-electron chi connectivity index (χ3n) is 2.70. The molecule has 0 radical (unpaired) electrons. The van der Waals surface area contributed by atoms with Crippen molar-refractivity contribution in [2.75, 3.05) is 13.2 Å². The lowest BCUT2D eigenvalue weighted by molar-refractivity contribution is 0.0852. The molecule has 1 aromatic heterocycles. The van der Waals surface area contributed by atoms with Gasteiger partial charge < -0.3 is 4.74 Å². The zero-order chi connectivity index (χ0) is 9.97.